The molecule has 0 unspecified atom stereocenters. The van der Waals surface area contributed by atoms with Gasteiger partial charge in [0, 0.05) is 11.9 Å². The number of rotatable bonds is 3. The van der Waals surface area contributed by atoms with Crippen LogP contribution >= 0.6 is 23.4 Å². The molecule has 1 aromatic carbocycles. The van der Waals surface area contributed by atoms with Crippen molar-refractivity contribution in [3.63, 3.8) is 0 Å². The number of aromatic carboxylic acids is 1. The second-order valence-electron chi connectivity index (χ2n) is 3.13. The molecular formula is C9H7ClN4O2S. The Labute approximate surface area is 106 Å². The van der Waals surface area contributed by atoms with Gasteiger partial charge in [0.05, 0.1) is 10.6 Å². The molecule has 6 nitrogen and oxygen atoms in total. The molecule has 1 N–H and O–H groups in total. The summed E-state index contributed by atoms with van der Waals surface area (Å²) in [5.74, 6) is -1.05. The van der Waals surface area contributed by atoms with Crippen molar-refractivity contribution in [3.05, 3.63) is 28.8 Å². The molecule has 0 radical (unpaired) electrons. The minimum absolute atomic E-state index is 0.0760. The topological polar surface area (TPSA) is 80.9 Å². The van der Waals surface area contributed by atoms with E-state index in [1.54, 1.807) is 19.2 Å². The minimum atomic E-state index is -1.05. The van der Waals surface area contributed by atoms with Crippen LogP contribution in [0.25, 0.3) is 0 Å². The van der Waals surface area contributed by atoms with Crippen LogP contribution in [-0.2, 0) is 7.05 Å². The first-order chi connectivity index (χ1) is 8.08. The molecule has 2 aromatic rings. The lowest BCUT2D eigenvalue weighted by Crippen LogP contribution is -1.97. The lowest BCUT2D eigenvalue weighted by molar-refractivity contribution is 0.0697. The zero-order chi connectivity index (χ0) is 12.4. The van der Waals surface area contributed by atoms with E-state index in [4.69, 9.17) is 16.7 Å². The van der Waals surface area contributed by atoms with Crippen molar-refractivity contribution >= 4 is 29.3 Å². The van der Waals surface area contributed by atoms with Gasteiger partial charge in [-0.15, -0.1) is 5.10 Å². The maximum absolute atomic E-state index is 10.8. The summed E-state index contributed by atoms with van der Waals surface area (Å²) in [4.78, 5) is 11.6. The smallest absolute Gasteiger partial charge is 0.337 e. The third-order valence-corrected chi connectivity index (χ3v) is 3.29. The van der Waals surface area contributed by atoms with Crippen LogP contribution in [0.5, 0.6) is 0 Å². The molecule has 0 bridgehead atoms. The molecule has 0 amide bonds. The predicted molar refractivity (Wildman–Crippen MR) is 61.3 cm³/mol. The van der Waals surface area contributed by atoms with E-state index in [9.17, 15) is 4.79 Å². The molecule has 0 atom stereocenters. The van der Waals surface area contributed by atoms with Crippen LogP contribution in [0.15, 0.2) is 28.3 Å². The Balaban J connectivity index is 2.27. The number of benzene rings is 1. The summed E-state index contributed by atoms with van der Waals surface area (Å²) in [6.45, 7) is 0. The van der Waals surface area contributed by atoms with E-state index in [0.717, 1.165) is 4.90 Å². The van der Waals surface area contributed by atoms with Gasteiger partial charge in [-0.25, -0.2) is 9.48 Å². The third kappa shape index (κ3) is 2.56. The molecule has 1 aromatic heterocycles. The van der Waals surface area contributed by atoms with Crippen molar-refractivity contribution in [2.24, 2.45) is 7.05 Å². The van der Waals surface area contributed by atoms with Crippen LogP contribution in [-0.4, -0.2) is 31.3 Å². The SMILES string of the molecule is Cn1nnnc1Sc1ccc(C(=O)O)c(Cl)c1. The fourth-order valence-electron chi connectivity index (χ4n) is 1.15. The number of carboxylic acids is 1. The number of tetrazole rings is 1. The van der Waals surface area contributed by atoms with Crippen LogP contribution in [0.3, 0.4) is 0 Å². The van der Waals surface area contributed by atoms with Crippen molar-refractivity contribution in [2.45, 2.75) is 10.1 Å². The number of carboxylic acid groups (broad SMARTS) is 1. The van der Waals surface area contributed by atoms with Gasteiger partial charge in [0.15, 0.2) is 0 Å². The number of hydrogen-bond acceptors (Lipinski definition) is 5. The standard InChI is InChI=1S/C9H7ClN4O2S/c1-14-9(11-12-13-14)17-5-2-3-6(8(15)16)7(10)4-5/h2-4H,1H3,(H,15,16). The highest BCUT2D eigenvalue weighted by Crippen LogP contribution is 2.28. The summed E-state index contributed by atoms with van der Waals surface area (Å²) < 4.78 is 1.52. The highest BCUT2D eigenvalue weighted by Gasteiger charge is 2.11. The Kier molecular flexibility index (Phi) is 3.30. The second-order valence-corrected chi connectivity index (χ2v) is 4.58. The number of aryl methyl sites for hydroxylation is 1. The molecule has 1 heterocycles. The van der Waals surface area contributed by atoms with Gasteiger partial charge in [-0.2, -0.15) is 0 Å². The number of carbonyl (C=O) groups is 1. The fraction of sp³-hybridized carbons (Fsp3) is 0.111. The molecular weight excluding hydrogens is 264 g/mol. The summed E-state index contributed by atoms with van der Waals surface area (Å²) in [6, 6.07) is 4.69. The van der Waals surface area contributed by atoms with Crippen LogP contribution in [0, 0.1) is 0 Å². The summed E-state index contributed by atoms with van der Waals surface area (Å²) in [6.07, 6.45) is 0. The molecule has 0 fully saturated rings. The maximum atomic E-state index is 10.8. The second kappa shape index (κ2) is 4.72. The maximum Gasteiger partial charge on any atom is 0.337 e. The number of nitrogens with zero attached hydrogens (tertiary/aromatic N) is 4. The molecule has 2 rings (SSSR count). The number of halogens is 1. The highest BCUT2D eigenvalue weighted by molar-refractivity contribution is 7.99. The van der Waals surface area contributed by atoms with Crippen molar-refractivity contribution in [1.29, 1.82) is 0 Å². The zero-order valence-electron chi connectivity index (χ0n) is 8.66. The van der Waals surface area contributed by atoms with Gasteiger partial charge in [0.25, 0.3) is 0 Å². The van der Waals surface area contributed by atoms with Gasteiger partial charge in [-0.3, -0.25) is 0 Å². The van der Waals surface area contributed by atoms with E-state index in [1.165, 1.54) is 22.5 Å². The third-order valence-electron chi connectivity index (χ3n) is 1.96. The lowest BCUT2D eigenvalue weighted by Gasteiger charge is -2.02. The molecule has 17 heavy (non-hydrogen) atoms. The van der Waals surface area contributed by atoms with E-state index in [-0.39, 0.29) is 10.6 Å². The van der Waals surface area contributed by atoms with Crippen molar-refractivity contribution < 1.29 is 9.90 Å². The first-order valence-corrected chi connectivity index (χ1v) is 5.70. The molecule has 0 saturated carbocycles. The molecule has 8 heteroatoms. The monoisotopic (exact) mass is 270 g/mol. The Morgan fingerprint density at radius 3 is 2.82 bits per heavy atom. The van der Waals surface area contributed by atoms with Gasteiger partial charge >= 0.3 is 5.97 Å². The molecule has 0 aliphatic rings. The molecule has 0 aliphatic carbocycles. The largest absolute Gasteiger partial charge is 0.478 e. The highest BCUT2D eigenvalue weighted by atomic mass is 35.5. The number of hydrogen-bond donors (Lipinski definition) is 1. The average Bonchev–Trinajstić information content (AvgIpc) is 2.64. The normalized spacial score (nSPS) is 10.5. The van der Waals surface area contributed by atoms with Crippen LogP contribution in [0.4, 0.5) is 0 Å². The van der Waals surface area contributed by atoms with E-state index < -0.39 is 5.97 Å². The van der Waals surface area contributed by atoms with Crippen LogP contribution in [0.2, 0.25) is 5.02 Å². The van der Waals surface area contributed by atoms with Gasteiger partial charge in [-0.1, -0.05) is 11.6 Å². The van der Waals surface area contributed by atoms with E-state index >= 15 is 0 Å². The van der Waals surface area contributed by atoms with Gasteiger partial charge in [-0.05, 0) is 40.4 Å². The van der Waals surface area contributed by atoms with Gasteiger partial charge in [0.1, 0.15) is 0 Å². The summed E-state index contributed by atoms with van der Waals surface area (Å²) >= 11 is 7.16. The van der Waals surface area contributed by atoms with Crippen molar-refractivity contribution in [3.8, 4) is 0 Å². The first-order valence-electron chi connectivity index (χ1n) is 4.51. The molecule has 88 valence electrons. The summed E-state index contributed by atoms with van der Waals surface area (Å²) in [5.41, 5.74) is 0.0760. The lowest BCUT2D eigenvalue weighted by atomic mass is 10.2. The average molecular weight is 271 g/mol. The predicted octanol–water partition coefficient (Wildman–Crippen LogP) is 1.71. The number of aromatic nitrogens is 4. The quantitative estimate of drug-likeness (QED) is 0.914. The van der Waals surface area contributed by atoms with E-state index in [0.29, 0.717) is 5.16 Å². The van der Waals surface area contributed by atoms with Crippen LogP contribution in [0.1, 0.15) is 10.4 Å². The van der Waals surface area contributed by atoms with Crippen molar-refractivity contribution in [2.75, 3.05) is 0 Å². The Morgan fingerprint density at radius 2 is 2.29 bits per heavy atom. The molecule has 0 spiro atoms. The van der Waals surface area contributed by atoms with Crippen molar-refractivity contribution in [1.82, 2.24) is 20.2 Å². The van der Waals surface area contributed by atoms with E-state index in [2.05, 4.69) is 15.5 Å². The fourth-order valence-corrected chi connectivity index (χ4v) is 2.24. The Morgan fingerprint density at radius 1 is 1.53 bits per heavy atom. The van der Waals surface area contributed by atoms with Crippen LogP contribution < -0.4 is 0 Å². The Hall–Kier alpha value is -1.60. The summed E-state index contributed by atoms with van der Waals surface area (Å²) in [7, 11) is 1.72. The summed E-state index contributed by atoms with van der Waals surface area (Å²) in [5, 5.41) is 20.6. The van der Waals surface area contributed by atoms with Gasteiger partial charge in [0.2, 0.25) is 5.16 Å². The van der Waals surface area contributed by atoms with Gasteiger partial charge < -0.3 is 5.11 Å². The molecule has 0 saturated heterocycles. The first kappa shape index (κ1) is 11.9. The zero-order valence-corrected chi connectivity index (χ0v) is 10.2. The molecule has 0 aliphatic heterocycles. The minimum Gasteiger partial charge on any atom is -0.478 e. The van der Waals surface area contributed by atoms with E-state index in [1.807, 2.05) is 0 Å². The Bertz CT molecular complexity index is 572.